The van der Waals surface area contributed by atoms with Crippen LogP contribution in [0.25, 0.3) is 0 Å². The lowest BCUT2D eigenvalue weighted by Crippen LogP contribution is -2.29. The molecule has 0 aromatic rings. The predicted molar refractivity (Wildman–Crippen MR) is 67.6 cm³/mol. The Morgan fingerprint density at radius 1 is 1.22 bits per heavy atom. The van der Waals surface area contributed by atoms with E-state index in [1.165, 1.54) is 0 Å². The van der Waals surface area contributed by atoms with Crippen molar-refractivity contribution in [1.29, 1.82) is 0 Å². The average molecular weight is 246 g/mol. The standard InChI is InChI=1S/C15H18O3/c1-7-4-5-10-8(2)15(17)18-14(10)13-9(3)12(16)6-11(7)13/h10-14,16H,1-6H2/t10-,11-,12?,13-,14-/m1/s1. The summed E-state index contributed by atoms with van der Waals surface area (Å²) in [5.74, 6) is -0.0128. The molecular formula is C15H18O3. The summed E-state index contributed by atoms with van der Waals surface area (Å²) in [6.45, 7) is 12.0. The molecule has 3 nitrogen and oxygen atoms in total. The molecular weight excluding hydrogens is 228 g/mol. The van der Waals surface area contributed by atoms with Gasteiger partial charge in [-0.2, -0.15) is 0 Å². The van der Waals surface area contributed by atoms with E-state index in [2.05, 4.69) is 19.7 Å². The van der Waals surface area contributed by atoms with Gasteiger partial charge in [-0.3, -0.25) is 0 Å². The molecule has 3 rings (SSSR count). The van der Waals surface area contributed by atoms with Crippen molar-refractivity contribution in [2.45, 2.75) is 31.5 Å². The van der Waals surface area contributed by atoms with Gasteiger partial charge in [0.2, 0.25) is 0 Å². The maximum absolute atomic E-state index is 11.7. The number of aliphatic hydroxyl groups excluding tert-OH is 1. The number of aliphatic hydroxyl groups is 1. The van der Waals surface area contributed by atoms with Gasteiger partial charge in [0.1, 0.15) is 6.10 Å². The summed E-state index contributed by atoms with van der Waals surface area (Å²) < 4.78 is 5.49. The van der Waals surface area contributed by atoms with Crippen molar-refractivity contribution in [3.8, 4) is 0 Å². The first-order chi connectivity index (χ1) is 8.50. The molecule has 0 amide bonds. The minimum atomic E-state index is -0.497. The van der Waals surface area contributed by atoms with Crippen molar-refractivity contribution in [1.82, 2.24) is 0 Å². The van der Waals surface area contributed by atoms with Crippen LogP contribution in [0.1, 0.15) is 19.3 Å². The largest absolute Gasteiger partial charge is 0.458 e. The first-order valence-corrected chi connectivity index (χ1v) is 6.45. The Morgan fingerprint density at radius 3 is 2.67 bits per heavy atom. The summed E-state index contributed by atoms with van der Waals surface area (Å²) in [7, 11) is 0. The summed E-state index contributed by atoms with van der Waals surface area (Å²) in [4.78, 5) is 11.7. The van der Waals surface area contributed by atoms with Crippen LogP contribution in [0.15, 0.2) is 36.5 Å². The van der Waals surface area contributed by atoms with Gasteiger partial charge in [0.25, 0.3) is 0 Å². The molecule has 1 unspecified atom stereocenters. The highest BCUT2D eigenvalue weighted by Gasteiger charge is 2.52. The summed E-state index contributed by atoms with van der Waals surface area (Å²) in [6, 6.07) is 0. The monoisotopic (exact) mass is 246 g/mol. The second-order valence-corrected chi connectivity index (χ2v) is 5.66. The second-order valence-electron chi connectivity index (χ2n) is 5.66. The topological polar surface area (TPSA) is 46.5 Å². The van der Waals surface area contributed by atoms with Crippen LogP contribution in [0, 0.1) is 17.8 Å². The van der Waals surface area contributed by atoms with Crippen LogP contribution in [0.3, 0.4) is 0 Å². The molecule has 3 heteroatoms. The zero-order valence-electron chi connectivity index (χ0n) is 10.4. The first-order valence-electron chi connectivity index (χ1n) is 6.45. The Hall–Kier alpha value is -1.35. The molecule has 1 heterocycles. The van der Waals surface area contributed by atoms with Crippen molar-refractivity contribution < 1.29 is 14.6 Å². The van der Waals surface area contributed by atoms with Crippen LogP contribution in [0.2, 0.25) is 0 Å². The number of carbonyl (C=O) groups is 1. The Morgan fingerprint density at radius 2 is 1.94 bits per heavy atom. The fraction of sp³-hybridized carbons (Fsp3) is 0.533. The van der Waals surface area contributed by atoms with Crippen molar-refractivity contribution in [2.24, 2.45) is 17.8 Å². The van der Waals surface area contributed by atoms with Crippen LogP contribution in [-0.2, 0) is 9.53 Å². The number of hydrogen-bond donors (Lipinski definition) is 1. The van der Waals surface area contributed by atoms with Crippen LogP contribution in [0.4, 0.5) is 0 Å². The molecule has 2 saturated carbocycles. The van der Waals surface area contributed by atoms with Crippen molar-refractivity contribution in [3.05, 3.63) is 36.5 Å². The van der Waals surface area contributed by atoms with Gasteiger partial charge in [0.15, 0.2) is 0 Å². The SMILES string of the molecule is C=C1C(O)C[C@@H]2C(=C)CC[C@@H]3C(=C)C(=O)O[C@H]3[C@H]12. The van der Waals surface area contributed by atoms with Crippen LogP contribution in [0.5, 0.6) is 0 Å². The predicted octanol–water partition coefficient (Wildman–Crippen LogP) is 1.99. The van der Waals surface area contributed by atoms with E-state index in [1.54, 1.807) is 0 Å². The molecule has 96 valence electrons. The molecule has 3 fully saturated rings. The quantitative estimate of drug-likeness (QED) is 0.404. The number of fused-ring (bicyclic) bond motifs is 3. The molecule has 0 aromatic heterocycles. The molecule has 0 aromatic carbocycles. The van der Waals surface area contributed by atoms with Gasteiger partial charge in [-0.1, -0.05) is 25.3 Å². The summed E-state index contributed by atoms with van der Waals surface area (Å²) in [5.41, 5.74) is 2.51. The van der Waals surface area contributed by atoms with Gasteiger partial charge in [-0.25, -0.2) is 4.79 Å². The Labute approximate surface area is 107 Å². The molecule has 1 N–H and O–H groups in total. The highest BCUT2D eigenvalue weighted by Crippen LogP contribution is 2.51. The Kier molecular flexibility index (Phi) is 2.49. The van der Waals surface area contributed by atoms with E-state index in [9.17, 15) is 9.90 Å². The number of rotatable bonds is 0. The van der Waals surface area contributed by atoms with Crippen LogP contribution < -0.4 is 0 Å². The number of hydrogen-bond acceptors (Lipinski definition) is 3. The summed E-state index contributed by atoms with van der Waals surface area (Å²) >= 11 is 0. The molecule has 2 aliphatic carbocycles. The lowest BCUT2D eigenvalue weighted by atomic mass is 9.82. The van der Waals surface area contributed by atoms with E-state index in [0.29, 0.717) is 12.0 Å². The fourth-order valence-corrected chi connectivity index (χ4v) is 3.70. The number of esters is 1. The van der Waals surface area contributed by atoms with Gasteiger partial charge in [0.05, 0.1) is 6.10 Å². The maximum Gasteiger partial charge on any atom is 0.334 e. The van der Waals surface area contributed by atoms with Gasteiger partial charge < -0.3 is 9.84 Å². The first kappa shape index (κ1) is 11.7. The average Bonchev–Trinajstić information content (AvgIpc) is 2.72. The number of allylic oxidation sites excluding steroid dienone is 1. The molecule has 1 saturated heterocycles. The number of carbonyl (C=O) groups excluding carboxylic acids is 1. The highest BCUT2D eigenvalue weighted by molar-refractivity contribution is 5.91. The highest BCUT2D eigenvalue weighted by atomic mass is 16.6. The van der Waals surface area contributed by atoms with E-state index in [0.717, 1.165) is 24.0 Å². The van der Waals surface area contributed by atoms with Gasteiger partial charge in [-0.05, 0) is 30.8 Å². The zero-order chi connectivity index (χ0) is 13.0. The van der Waals surface area contributed by atoms with Crippen molar-refractivity contribution in [2.75, 3.05) is 0 Å². The molecule has 0 spiro atoms. The molecule has 0 bridgehead atoms. The summed E-state index contributed by atoms with van der Waals surface area (Å²) in [5, 5.41) is 9.99. The normalized spacial score (nSPS) is 43.5. The molecule has 18 heavy (non-hydrogen) atoms. The van der Waals surface area contributed by atoms with E-state index >= 15 is 0 Å². The van der Waals surface area contributed by atoms with Gasteiger partial charge in [0, 0.05) is 17.4 Å². The number of ether oxygens (including phenoxy) is 1. The van der Waals surface area contributed by atoms with Crippen LogP contribution in [-0.4, -0.2) is 23.3 Å². The smallest absolute Gasteiger partial charge is 0.334 e. The van der Waals surface area contributed by atoms with E-state index in [1.807, 2.05) is 0 Å². The molecule has 1 aliphatic heterocycles. The van der Waals surface area contributed by atoms with Crippen LogP contribution >= 0.6 is 0 Å². The van der Waals surface area contributed by atoms with Crippen molar-refractivity contribution >= 4 is 5.97 Å². The lowest BCUT2D eigenvalue weighted by Gasteiger charge is -2.25. The van der Waals surface area contributed by atoms with E-state index < -0.39 is 6.10 Å². The molecule has 3 aliphatic rings. The van der Waals surface area contributed by atoms with E-state index in [4.69, 9.17) is 4.74 Å². The minimum absolute atomic E-state index is 0.0169. The molecule has 0 radical (unpaired) electrons. The second kappa shape index (κ2) is 3.82. The Balaban J connectivity index is 2.01. The third-order valence-corrected chi connectivity index (χ3v) is 4.77. The van der Waals surface area contributed by atoms with Gasteiger partial charge in [-0.15, -0.1) is 0 Å². The summed E-state index contributed by atoms with van der Waals surface area (Å²) in [6.07, 6.45) is 1.71. The zero-order valence-corrected chi connectivity index (χ0v) is 10.4. The third kappa shape index (κ3) is 1.43. The van der Waals surface area contributed by atoms with E-state index in [-0.39, 0.29) is 29.8 Å². The lowest BCUT2D eigenvalue weighted by molar-refractivity contribution is -0.141. The van der Waals surface area contributed by atoms with Crippen molar-refractivity contribution in [3.63, 3.8) is 0 Å². The third-order valence-electron chi connectivity index (χ3n) is 4.77. The molecule has 5 atom stereocenters. The maximum atomic E-state index is 11.7. The minimum Gasteiger partial charge on any atom is -0.458 e. The fourth-order valence-electron chi connectivity index (χ4n) is 3.70. The Bertz CT molecular complexity index is 462. The van der Waals surface area contributed by atoms with Gasteiger partial charge >= 0.3 is 5.97 Å².